The summed E-state index contributed by atoms with van der Waals surface area (Å²) in [6.07, 6.45) is 5.95. The van der Waals surface area contributed by atoms with E-state index in [0.717, 1.165) is 18.4 Å². The average Bonchev–Trinajstić information content (AvgIpc) is 2.94. The third-order valence-corrected chi connectivity index (χ3v) is 2.42. The summed E-state index contributed by atoms with van der Waals surface area (Å²) in [5.74, 6) is 6.41. The Balaban J connectivity index is 2.07. The van der Waals surface area contributed by atoms with Crippen LogP contribution in [0.1, 0.15) is 30.1 Å². The maximum absolute atomic E-state index is 11.6. The molecule has 0 spiro atoms. The molecule has 2 nitrogen and oxygen atoms in total. The van der Waals surface area contributed by atoms with Crippen LogP contribution < -0.4 is 0 Å². The van der Waals surface area contributed by atoms with E-state index >= 15 is 0 Å². The van der Waals surface area contributed by atoms with Gasteiger partial charge < -0.3 is 4.57 Å². The van der Waals surface area contributed by atoms with E-state index < -0.39 is 0 Å². The fourth-order valence-electron chi connectivity index (χ4n) is 1.44. The van der Waals surface area contributed by atoms with Crippen molar-refractivity contribution < 1.29 is 4.79 Å². The van der Waals surface area contributed by atoms with E-state index in [1.165, 1.54) is 0 Å². The molecular weight excluding hydrogens is 174 g/mol. The number of carbonyl (C=O) groups is 1. The van der Waals surface area contributed by atoms with E-state index in [9.17, 15) is 4.79 Å². The first kappa shape index (κ1) is 9.08. The van der Waals surface area contributed by atoms with Gasteiger partial charge in [0.25, 0.3) is 0 Å². The van der Waals surface area contributed by atoms with Crippen LogP contribution >= 0.6 is 0 Å². The fraction of sp³-hybridized carbons (Fsp3) is 0.417. The molecule has 0 bridgehead atoms. The molecule has 2 heteroatoms. The predicted molar refractivity (Wildman–Crippen MR) is 54.9 cm³/mol. The van der Waals surface area contributed by atoms with Gasteiger partial charge in [0.15, 0.2) is 5.78 Å². The van der Waals surface area contributed by atoms with Crippen LogP contribution in [0.5, 0.6) is 0 Å². The van der Waals surface area contributed by atoms with Crippen molar-refractivity contribution in [3.8, 4) is 11.8 Å². The number of hydrogen-bond acceptors (Lipinski definition) is 1. The molecule has 1 saturated carbocycles. The van der Waals surface area contributed by atoms with Crippen LogP contribution in [0.15, 0.2) is 18.5 Å². The lowest BCUT2D eigenvalue weighted by molar-refractivity contribution is 0.0967. The van der Waals surface area contributed by atoms with Gasteiger partial charge in [-0.1, -0.05) is 5.92 Å². The quantitative estimate of drug-likeness (QED) is 0.524. The van der Waals surface area contributed by atoms with E-state index in [-0.39, 0.29) is 0 Å². The highest BCUT2D eigenvalue weighted by atomic mass is 16.1. The normalized spacial score (nSPS) is 14.6. The van der Waals surface area contributed by atoms with Crippen molar-refractivity contribution in [2.75, 3.05) is 0 Å². The number of rotatable bonds is 3. The molecule has 0 N–H and O–H groups in total. The van der Waals surface area contributed by atoms with Gasteiger partial charge in [-0.3, -0.25) is 4.79 Å². The van der Waals surface area contributed by atoms with Crippen molar-refractivity contribution in [3.63, 3.8) is 0 Å². The van der Waals surface area contributed by atoms with Crippen LogP contribution in [0.25, 0.3) is 0 Å². The molecule has 0 aromatic carbocycles. The number of Topliss-reactive ketones (excluding diaryl/α,β-unsaturated/α-hetero) is 1. The van der Waals surface area contributed by atoms with Crippen LogP contribution in [0.4, 0.5) is 0 Å². The zero-order chi connectivity index (χ0) is 9.97. The van der Waals surface area contributed by atoms with Crippen LogP contribution in [0.2, 0.25) is 0 Å². The molecule has 1 aliphatic rings. The first-order valence-electron chi connectivity index (χ1n) is 4.91. The van der Waals surface area contributed by atoms with Gasteiger partial charge in [0.2, 0.25) is 0 Å². The lowest BCUT2D eigenvalue weighted by atomic mass is 10.1. The zero-order valence-electron chi connectivity index (χ0n) is 8.29. The smallest absolute Gasteiger partial charge is 0.167 e. The molecular formula is C12H13NO. The third kappa shape index (κ3) is 1.88. The summed E-state index contributed by atoms with van der Waals surface area (Å²) < 4.78 is 1.95. The molecule has 1 aromatic rings. The van der Waals surface area contributed by atoms with Crippen molar-refractivity contribution >= 4 is 5.78 Å². The summed E-state index contributed by atoms with van der Waals surface area (Å²) in [7, 11) is 0. The summed E-state index contributed by atoms with van der Waals surface area (Å²) in [6.45, 7) is 2.49. The Labute approximate surface area is 83.9 Å². The van der Waals surface area contributed by atoms with Crippen LogP contribution in [-0.2, 0) is 6.54 Å². The summed E-state index contributed by atoms with van der Waals surface area (Å²) >= 11 is 0. The highest BCUT2D eigenvalue weighted by Gasteiger charge is 2.30. The summed E-state index contributed by atoms with van der Waals surface area (Å²) in [6, 6.07) is 1.89. The fourth-order valence-corrected chi connectivity index (χ4v) is 1.44. The second-order valence-corrected chi connectivity index (χ2v) is 3.64. The molecule has 1 heterocycles. The first-order chi connectivity index (χ1) is 6.81. The van der Waals surface area contributed by atoms with Crippen molar-refractivity contribution in [1.29, 1.82) is 0 Å². The molecule has 0 saturated heterocycles. The molecule has 0 aliphatic heterocycles. The van der Waals surface area contributed by atoms with E-state index in [0.29, 0.717) is 18.2 Å². The van der Waals surface area contributed by atoms with E-state index in [2.05, 4.69) is 11.8 Å². The number of ketones is 1. The molecule has 0 unspecified atom stereocenters. The van der Waals surface area contributed by atoms with Gasteiger partial charge in [-0.2, -0.15) is 0 Å². The molecule has 0 amide bonds. The average molecular weight is 187 g/mol. The summed E-state index contributed by atoms with van der Waals surface area (Å²) in [4.78, 5) is 11.6. The highest BCUT2D eigenvalue weighted by molar-refractivity contribution is 5.99. The molecule has 1 fully saturated rings. The minimum absolute atomic E-state index is 0.299. The molecule has 1 aromatic heterocycles. The second-order valence-electron chi connectivity index (χ2n) is 3.64. The SMILES string of the molecule is CC#CCn1ccc(C(=O)C2CC2)c1. The molecule has 0 atom stereocenters. The van der Waals surface area contributed by atoms with Crippen LogP contribution in [-0.4, -0.2) is 10.4 Å². The Kier molecular flexibility index (Phi) is 2.41. The van der Waals surface area contributed by atoms with Gasteiger partial charge in [0.05, 0.1) is 6.54 Å². The standard InChI is InChI=1S/C12H13NO/c1-2-3-7-13-8-6-11(9-13)12(14)10-4-5-10/h6,8-10H,4-5,7H2,1H3. The van der Waals surface area contributed by atoms with Crippen molar-refractivity contribution in [3.05, 3.63) is 24.0 Å². The van der Waals surface area contributed by atoms with Crippen LogP contribution in [0.3, 0.4) is 0 Å². The number of nitrogens with zero attached hydrogens (tertiary/aromatic N) is 1. The lowest BCUT2D eigenvalue weighted by Crippen LogP contribution is -1.99. The Morgan fingerprint density at radius 1 is 1.64 bits per heavy atom. The summed E-state index contributed by atoms with van der Waals surface area (Å²) in [5.41, 5.74) is 0.838. The number of aromatic nitrogens is 1. The third-order valence-electron chi connectivity index (χ3n) is 2.42. The number of hydrogen-bond donors (Lipinski definition) is 0. The van der Waals surface area contributed by atoms with Crippen molar-refractivity contribution in [2.24, 2.45) is 5.92 Å². The van der Waals surface area contributed by atoms with E-state index in [1.807, 2.05) is 30.0 Å². The van der Waals surface area contributed by atoms with Gasteiger partial charge in [-0.15, -0.1) is 5.92 Å². The Hall–Kier alpha value is -1.49. The highest BCUT2D eigenvalue weighted by Crippen LogP contribution is 2.32. The van der Waals surface area contributed by atoms with Gasteiger partial charge >= 0.3 is 0 Å². The van der Waals surface area contributed by atoms with E-state index in [4.69, 9.17) is 0 Å². The first-order valence-corrected chi connectivity index (χ1v) is 4.91. The minimum Gasteiger partial charge on any atom is -0.342 e. The predicted octanol–water partition coefficient (Wildman–Crippen LogP) is 2.10. The van der Waals surface area contributed by atoms with Gasteiger partial charge in [0, 0.05) is 23.9 Å². The van der Waals surface area contributed by atoms with Crippen LogP contribution in [0, 0.1) is 17.8 Å². The lowest BCUT2D eigenvalue weighted by Gasteiger charge is -1.94. The Morgan fingerprint density at radius 2 is 2.43 bits per heavy atom. The van der Waals surface area contributed by atoms with Crippen molar-refractivity contribution in [1.82, 2.24) is 4.57 Å². The Bertz CT molecular complexity index is 401. The molecule has 0 radical (unpaired) electrons. The largest absolute Gasteiger partial charge is 0.342 e. The monoisotopic (exact) mass is 187 g/mol. The minimum atomic E-state index is 0.299. The van der Waals surface area contributed by atoms with E-state index in [1.54, 1.807) is 0 Å². The number of carbonyl (C=O) groups excluding carboxylic acids is 1. The topological polar surface area (TPSA) is 22.0 Å². The molecule has 72 valence electrons. The molecule has 1 aliphatic carbocycles. The maximum Gasteiger partial charge on any atom is 0.167 e. The molecule has 2 rings (SSSR count). The zero-order valence-corrected chi connectivity index (χ0v) is 8.29. The Morgan fingerprint density at radius 3 is 3.07 bits per heavy atom. The second kappa shape index (κ2) is 3.71. The van der Waals surface area contributed by atoms with Gasteiger partial charge in [-0.05, 0) is 25.8 Å². The molecule has 14 heavy (non-hydrogen) atoms. The van der Waals surface area contributed by atoms with Gasteiger partial charge in [0.1, 0.15) is 0 Å². The van der Waals surface area contributed by atoms with Crippen molar-refractivity contribution in [2.45, 2.75) is 26.3 Å². The summed E-state index contributed by atoms with van der Waals surface area (Å²) in [5, 5.41) is 0. The van der Waals surface area contributed by atoms with Gasteiger partial charge in [-0.25, -0.2) is 0 Å². The maximum atomic E-state index is 11.6.